The predicted molar refractivity (Wildman–Crippen MR) is 85.4 cm³/mol. The summed E-state index contributed by atoms with van der Waals surface area (Å²) in [5.41, 5.74) is 5.74. The van der Waals surface area contributed by atoms with Gasteiger partial charge in [-0.25, -0.2) is 12.7 Å². The average molecular weight is 328 g/mol. The third kappa shape index (κ3) is 1.92. The Balaban J connectivity index is 1.95. The number of fused-ring (bicyclic) bond motifs is 1. The molecule has 3 rings (SSSR count). The van der Waals surface area contributed by atoms with Gasteiger partial charge in [0.1, 0.15) is 0 Å². The van der Waals surface area contributed by atoms with Crippen molar-refractivity contribution in [2.24, 2.45) is 28.4 Å². The average Bonchev–Trinajstić information content (AvgIpc) is 2.83. The number of hydrogen-bond acceptors (Lipinski definition) is 4. The number of rotatable bonds is 3. The zero-order valence-electron chi connectivity index (χ0n) is 14.0. The van der Waals surface area contributed by atoms with Crippen molar-refractivity contribution in [2.75, 3.05) is 5.75 Å². The number of nitrogens with zero attached hydrogens (tertiary/aromatic N) is 1. The van der Waals surface area contributed by atoms with Crippen molar-refractivity contribution in [2.45, 2.75) is 65.5 Å². The van der Waals surface area contributed by atoms with Crippen LogP contribution in [0.3, 0.4) is 0 Å². The zero-order chi connectivity index (χ0) is 16.5. The molecule has 1 spiro atoms. The first-order valence-corrected chi connectivity index (χ1v) is 9.95. The number of amides is 1. The van der Waals surface area contributed by atoms with E-state index >= 15 is 0 Å². The van der Waals surface area contributed by atoms with Gasteiger partial charge >= 0.3 is 0 Å². The summed E-state index contributed by atoms with van der Waals surface area (Å²) in [5, 5.41) is 0. The lowest BCUT2D eigenvalue weighted by atomic mass is 9.69. The maximum Gasteiger partial charge on any atom is 0.253 e. The molecule has 3 aliphatic rings. The molecule has 0 aromatic heterocycles. The molecule has 2 bridgehead atoms. The highest BCUT2D eigenvalue weighted by atomic mass is 32.2. The maximum atomic E-state index is 12.7. The van der Waals surface area contributed by atoms with Crippen LogP contribution in [-0.2, 0) is 14.8 Å². The number of carbonyl (C=O) groups is 1. The third-order valence-electron chi connectivity index (χ3n) is 6.67. The third-order valence-corrected chi connectivity index (χ3v) is 8.58. The molecule has 4 atom stereocenters. The molecule has 0 aromatic carbocycles. The standard InChI is InChI=1S/C16H28N2O3S/c1-10(2)7-12(17)14(19)18-13-8-11-5-6-16(13,15(11,3)4)9-22(18,20)21/h10-13H,5-9,17H2,1-4H3/t11-,12-,13-,16-/m1/s1. The van der Waals surface area contributed by atoms with Crippen LogP contribution in [0.4, 0.5) is 0 Å². The minimum Gasteiger partial charge on any atom is -0.320 e. The largest absolute Gasteiger partial charge is 0.320 e. The van der Waals surface area contributed by atoms with E-state index < -0.39 is 16.1 Å². The molecule has 5 nitrogen and oxygen atoms in total. The van der Waals surface area contributed by atoms with Crippen LogP contribution in [0, 0.1) is 22.7 Å². The van der Waals surface area contributed by atoms with E-state index in [2.05, 4.69) is 13.8 Å². The molecule has 1 saturated heterocycles. The van der Waals surface area contributed by atoms with Crippen molar-refractivity contribution < 1.29 is 13.2 Å². The van der Waals surface area contributed by atoms with Crippen LogP contribution in [0.25, 0.3) is 0 Å². The molecule has 2 saturated carbocycles. The molecule has 1 heterocycles. The van der Waals surface area contributed by atoms with Gasteiger partial charge in [-0.1, -0.05) is 27.7 Å². The van der Waals surface area contributed by atoms with Gasteiger partial charge < -0.3 is 5.73 Å². The number of nitrogens with two attached hydrogens (primary N) is 1. The second-order valence-electron chi connectivity index (χ2n) is 8.49. The topological polar surface area (TPSA) is 80.5 Å². The number of carbonyl (C=O) groups excluding carboxylic acids is 1. The van der Waals surface area contributed by atoms with Crippen molar-refractivity contribution in [1.29, 1.82) is 0 Å². The van der Waals surface area contributed by atoms with E-state index in [-0.39, 0.29) is 34.4 Å². The molecule has 0 unspecified atom stereocenters. The molecule has 1 aliphatic heterocycles. The number of sulfonamides is 1. The van der Waals surface area contributed by atoms with Gasteiger partial charge in [0, 0.05) is 5.41 Å². The highest BCUT2D eigenvalue weighted by Crippen LogP contribution is 2.69. The fourth-order valence-electron chi connectivity index (χ4n) is 5.35. The highest BCUT2D eigenvalue weighted by Gasteiger charge is 2.72. The lowest BCUT2D eigenvalue weighted by molar-refractivity contribution is -0.130. The molecule has 6 heteroatoms. The summed E-state index contributed by atoms with van der Waals surface area (Å²) in [7, 11) is -3.54. The van der Waals surface area contributed by atoms with Crippen LogP contribution >= 0.6 is 0 Å². The van der Waals surface area contributed by atoms with E-state index in [1.54, 1.807) is 0 Å². The Kier molecular flexibility index (Phi) is 3.47. The van der Waals surface area contributed by atoms with Crippen molar-refractivity contribution >= 4 is 15.9 Å². The first kappa shape index (κ1) is 16.2. The summed E-state index contributed by atoms with van der Waals surface area (Å²) in [4.78, 5) is 12.7. The molecule has 1 amide bonds. The quantitative estimate of drug-likeness (QED) is 0.855. The summed E-state index contributed by atoms with van der Waals surface area (Å²) in [6.45, 7) is 8.35. The zero-order valence-corrected chi connectivity index (χ0v) is 14.8. The molecule has 126 valence electrons. The minimum absolute atomic E-state index is 0.0120. The Morgan fingerprint density at radius 1 is 1.36 bits per heavy atom. The van der Waals surface area contributed by atoms with E-state index in [0.29, 0.717) is 12.3 Å². The highest BCUT2D eigenvalue weighted by molar-refractivity contribution is 7.90. The van der Waals surface area contributed by atoms with Crippen LogP contribution in [0.1, 0.15) is 53.4 Å². The van der Waals surface area contributed by atoms with Gasteiger partial charge in [-0.15, -0.1) is 0 Å². The Hall–Kier alpha value is -0.620. The monoisotopic (exact) mass is 328 g/mol. The summed E-state index contributed by atoms with van der Waals surface area (Å²) >= 11 is 0. The molecule has 2 aliphatic carbocycles. The summed E-state index contributed by atoms with van der Waals surface area (Å²) < 4.78 is 26.6. The fourth-order valence-corrected chi connectivity index (χ4v) is 7.94. The molecule has 22 heavy (non-hydrogen) atoms. The molecular weight excluding hydrogens is 300 g/mol. The van der Waals surface area contributed by atoms with E-state index in [9.17, 15) is 13.2 Å². The second-order valence-corrected chi connectivity index (χ2v) is 10.3. The van der Waals surface area contributed by atoms with Gasteiger partial charge in [-0.05, 0) is 42.9 Å². The van der Waals surface area contributed by atoms with Crippen molar-refractivity contribution in [3.63, 3.8) is 0 Å². The van der Waals surface area contributed by atoms with Crippen LogP contribution in [0.5, 0.6) is 0 Å². The normalized spacial score (nSPS) is 39.3. The van der Waals surface area contributed by atoms with Gasteiger partial charge in [-0.3, -0.25) is 4.79 Å². The second kappa shape index (κ2) is 4.69. The van der Waals surface area contributed by atoms with E-state index in [1.165, 1.54) is 4.31 Å². The fraction of sp³-hybridized carbons (Fsp3) is 0.938. The lowest BCUT2D eigenvalue weighted by Crippen LogP contribution is -2.50. The molecular formula is C16H28N2O3S. The first-order valence-electron chi connectivity index (χ1n) is 8.34. The Morgan fingerprint density at radius 3 is 2.55 bits per heavy atom. The summed E-state index contributed by atoms with van der Waals surface area (Å²) in [6.07, 6.45) is 3.33. The van der Waals surface area contributed by atoms with Crippen LogP contribution in [0.2, 0.25) is 0 Å². The van der Waals surface area contributed by atoms with Crippen LogP contribution in [-0.4, -0.2) is 36.5 Å². The van der Waals surface area contributed by atoms with Gasteiger partial charge in [-0.2, -0.15) is 0 Å². The van der Waals surface area contributed by atoms with Gasteiger partial charge in [0.15, 0.2) is 0 Å². The molecule has 0 radical (unpaired) electrons. The Labute approximate surface area is 133 Å². The first-order chi connectivity index (χ1) is 10.0. The Bertz CT molecular complexity index is 599. The molecule has 3 fully saturated rings. The van der Waals surface area contributed by atoms with Gasteiger partial charge in [0.25, 0.3) is 5.91 Å². The summed E-state index contributed by atoms with van der Waals surface area (Å²) in [5.74, 6) is 0.520. The molecule has 0 aromatic rings. The lowest BCUT2D eigenvalue weighted by Gasteiger charge is -2.37. The van der Waals surface area contributed by atoms with Crippen LogP contribution < -0.4 is 5.73 Å². The Morgan fingerprint density at radius 2 is 2.00 bits per heavy atom. The molecule has 2 N–H and O–H groups in total. The van der Waals surface area contributed by atoms with Crippen molar-refractivity contribution in [3.8, 4) is 0 Å². The van der Waals surface area contributed by atoms with Gasteiger partial charge in [0.05, 0.1) is 17.8 Å². The number of hydrogen-bond donors (Lipinski definition) is 1. The van der Waals surface area contributed by atoms with E-state index in [4.69, 9.17) is 5.73 Å². The SMILES string of the molecule is CC(C)C[C@@H](N)C(=O)N1[C@@H]2C[C@H]3CC[C@]2(CS1(=O)=O)C3(C)C. The summed E-state index contributed by atoms with van der Waals surface area (Å²) in [6, 6.07) is -0.885. The minimum atomic E-state index is -3.54. The van der Waals surface area contributed by atoms with Gasteiger partial charge in [0.2, 0.25) is 10.0 Å². The van der Waals surface area contributed by atoms with E-state index in [0.717, 1.165) is 19.3 Å². The maximum absolute atomic E-state index is 12.7. The smallest absolute Gasteiger partial charge is 0.253 e. The predicted octanol–water partition coefficient (Wildman–Crippen LogP) is 1.73. The van der Waals surface area contributed by atoms with E-state index in [1.807, 2.05) is 13.8 Å². The van der Waals surface area contributed by atoms with Crippen molar-refractivity contribution in [3.05, 3.63) is 0 Å². The van der Waals surface area contributed by atoms with Crippen molar-refractivity contribution in [1.82, 2.24) is 4.31 Å². The van der Waals surface area contributed by atoms with Crippen LogP contribution in [0.15, 0.2) is 0 Å².